The zero-order valence-electron chi connectivity index (χ0n) is 13.0. The minimum Gasteiger partial charge on any atom is -0.478 e. The van der Waals surface area contributed by atoms with Gasteiger partial charge in [-0.1, -0.05) is 12.1 Å². The zero-order valence-corrected chi connectivity index (χ0v) is 13.0. The normalized spacial score (nSPS) is 19.7. The van der Waals surface area contributed by atoms with E-state index in [-0.39, 0.29) is 0 Å². The average Bonchev–Trinajstić information content (AvgIpc) is 2.54. The van der Waals surface area contributed by atoms with E-state index in [1.807, 2.05) is 12.1 Å². The molecule has 0 amide bonds. The third-order valence-corrected chi connectivity index (χ3v) is 4.07. The molecule has 0 aliphatic carbocycles. The lowest BCUT2D eigenvalue weighted by Crippen LogP contribution is -2.34. The van der Waals surface area contributed by atoms with Crippen LogP contribution in [0.3, 0.4) is 0 Å². The number of hydrogen-bond donors (Lipinski definition) is 1. The molecule has 0 saturated carbocycles. The van der Waals surface area contributed by atoms with E-state index >= 15 is 0 Å². The Bertz CT molecular complexity index is 447. The summed E-state index contributed by atoms with van der Waals surface area (Å²) in [6.45, 7) is 7.33. The highest BCUT2D eigenvalue weighted by Crippen LogP contribution is 2.09. The van der Waals surface area contributed by atoms with Gasteiger partial charge in [-0.25, -0.2) is 4.79 Å². The second-order valence-corrected chi connectivity index (χ2v) is 5.88. The Morgan fingerprint density at radius 3 is 1.90 bits per heavy atom. The smallest absolute Gasteiger partial charge is 0.335 e. The summed E-state index contributed by atoms with van der Waals surface area (Å²) in [5, 5.41) is 8.93. The number of likely N-dealkylation sites (N-methyl/N-ethyl adjacent to an activating group) is 2. The first-order chi connectivity index (χ1) is 10.0. The summed E-state index contributed by atoms with van der Waals surface area (Å²) in [6, 6.07) is 7.21. The molecule has 0 spiro atoms. The maximum absolute atomic E-state index is 10.9. The minimum atomic E-state index is -0.868. The molecule has 1 saturated heterocycles. The van der Waals surface area contributed by atoms with E-state index in [0.29, 0.717) is 5.56 Å². The van der Waals surface area contributed by atoms with Crippen molar-refractivity contribution in [2.75, 3.05) is 53.4 Å². The number of carboxylic acid groups (broad SMARTS) is 1. The number of aromatic carboxylic acids is 1. The van der Waals surface area contributed by atoms with Crippen molar-refractivity contribution in [2.45, 2.75) is 6.54 Å². The molecule has 0 atom stereocenters. The average molecular weight is 291 g/mol. The number of benzene rings is 1. The molecule has 5 heteroatoms. The van der Waals surface area contributed by atoms with E-state index in [0.717, 1.165) is 45.8 Å². The van der Waals surface area contributed by atoms with Gasteiger partial charge in [-0.2, -0.15) is 0 Å². The topological polar surface area (TPSA) is 47.0 Å². The van der Waals surface area contributed by atoms with Gasteiger partial charge in [0.2, 0.25) is 0 Å². The van der Waals surface area contributed by atoms with Gasteiger partial charge in [-0.15, -0.1) is 0 Å². The summed E-state index contributed by atoms with van der Waals surface area (Å²) in [4.78, 5) is 18.0. The SMILES string of the molecule is CN1CCN(C)CCN(Cc2ccc(C(=O)O)cc2)CC1. The highest BCUT2D eigenvalue weighted by Gasteiger charge is 2.13. The van der Waals surface area contributed by atoms with Crippen LogP contribution in [-0.4, -0.2) is 79.1 Å². The first-order valence-corrected chi connectivity index (χ1v) is 7.46. The third kappa shape index (κ3) is 5.12. The van der Waals surface area contributed by atoms with Gasteiger partial charge in [0.1, 0.15) is 0 Å². The molecule has 0 bridgehead atoms. The van der Waals surface area contributed by atoms with Crippen LogP contribution in [0.25, 0.3) is 0 Å². The van der Waals surface area contributed by atoms with Gasteiger partial charge < -0.3 is 14.9 Å². The first kappa shape index (κ1) is 15.9. The Kier molecular flexibility index (Phi) is 5.73. The van der Waals surface area contributed by atoms with Crippen LogP contribution in [0.5, 0.6) is 0 Å². The number of carboxylic acids is 1. The van der Waals surface area contributed by atoms with E-state index in [4.69, 9.17) is 5.11 Å². The summed E-state index contributed by atoms with van der Waals surface area (Å²) in [5.74, 6) is -0.868. The summed E-state index contributed by atoms with van der Waals surface area (Å²) in [5.41, 5.74) is 1.52. The van der Waals surface area contributed by atoms with Crippen molar-refractivity contribution < 1.29 is 9.90 Å². The van der Waals surface area contributed by atoms with Crippen molar-refractivity contribution in [3.8, 4) is 0 Å². The summed E-state index contributed by atoms with van der Waals surface area (Å²) in [6.07, 6.45) is 0. The second kappa shape index (κ2) is 7.54. The molecule has 1 aromatic rings. The van der Waals surface area contributed by atoms with Gasteiger partial charge in [0.15, 0.2) is 0 Å². The summed E-state index contributed by atoms with van der Waals surface area (Å²) >= 11 is 0. The molecular formula is C16H25N3O2. The van der Waals surface area contributed by atoms with Crippen molar-refractivity contribution >= 4 is 5.97 Å². The van der Waals surface area contributed by atoms with E-state index < -0.39 is 5.97 Å². The first-order valence-electron chi connectivity index (χ1n) is 7.46. The molecule has 0 aromatic heterocycles. The molecule has 5 nitrogen and oxygen atoms in total. The largest absolute Gasteiger partial charge is 0.478 e. The Balaban J connectivity index is 1.97. The van der Waals surface area contributed by atoms with Gasteiger partial charge in [0, 0.05) is 45.8 Å². The molecule has 0 radical (unpaired) electrons. The van der Waals surface area contributed by atoms with E-state index in [1.165, 1.54) is 5.56 Å². The van der Waals surface area contributed by atoms with Crippen molar-refractivity contribution in [1.82, 2.24) is 14.7 Å². The fourth-order valence-electron chi connectivity index (χ4n) is 2.47. The van der Waals surface area contributed by atoms with Crippen molar-refractivity contribution in [3.63, 3.8) is 0 Å². The van der Waals surface area contributed by atoms with Crippen LogP contribution in [0.1, 0.15) is 15.9 Å². The second-order valence-electron chi connectivity index (χ2n) is 5.88. The fourth-order valence-corrected chi connectivity index (χ4v) is 2.47. The predicted octanol–water partition coefficient (Wildman–Crippen LogP) is 1.06. The van der Waals surface area contributed by atoms with Crippen LogP contribution in [0.4, 0.5) is 0 Å². The molecule has 1 aliphatic rings. The molecule has 1 fully saturated rings. The molecule has 1 aromatic carbocycles. The van der Waals surface area contributed by atoms with E-state index in [9.17, 15) is 4.79 Å². The molecular weight excluding hydrogens is 266 g/mol. The molecule has 21 heavy (non-hydrogen) atoms. The highest BCUT2D eigenvalue weighted by atomic mass is 16.4. The van der Waals surface area contributed by atoms with Crippen molar-refractivity contribution in [2.24, 2.45) is 0 Å². The summed E-state index contributed by atoms with van der Waals surface area (Å²) in [7, 11) is 4.33. The van der Waals surface area contributed by atoms with Crippen LogP contribution < -0.4 is 0 Å². The monoisotopic (exact) mass is 291 g/mol. The lowest BCUT2D eigenvalue weighted by Gasteiger charge is -2.24. The summed E-state index contributed by atoms with van der Waals surface area (Å²) < 4.78 is 0. The molecule has 2 rings (SSSR count). The van der Waals surface area contributed by atoms with Gasteiger partial charge in [-0.05, 0) is 31.8 Å². The molecule has 1 aliphatic heterocycles. The van der Waals surface area contributed by atoms with E-state index in [1.54, 1.807) is 12.1 Å². The maximum atomic E-state index is 10.9. The predicted molar refractivity (Wildman–Crippen MR) is 83.7 cm³/mol. The molecule has 1 heterocycles. The number of rotatable bonds is 3. The maximum Gasteiger partial charge on any atom is 0.335 e. The van der Waals surface area contributed by atoms with Gasteiger partial charge >= 0.3 is 5.97 Å². The fraction of sp³-hybridized carbons (Fsp3) is 0.562. The van der Waals surface area contributed by atoms with Crippen molar-refractivity contribution in [1.29, 1.82) is 0 Å². The lowest BCUT2D eigenvalue weighted by molar-refractivity contribution is 0.0697. The number of nitrogens with zero attached hydrogens (tertiary/aromatic N) is 3. The number of hydrogen-bond acceptors (Lipinski definition) is 4. The van der Waals surface area contributed by atoms with Crippen LogP contribution in [0, 0.1) is 0 Å². The minimum absolute atomic E-state index is 0.350. The third-order valence-electron chi connectivity index (χ3n) is 4.07. The highest BCUT2D eigenvalue weighted by molar-refractivity contribution is 5.87. The van der Waals surface area contributed by atoms with Gasteiger partial charge in [-0.3, -0.25) is 4.90 Å². The quantitative estimate of drug-likeness (QED) is 0.902. The van der Waals surface area contributed by atoms with Gasteiger partial charge in [0.05, 0.1) is 5.56 Å². The van der Waals surface area contributed by atoms with Crippen LogP contribution >= 0.6 is 0 Å². The van der Waals surface area contributed by atoms with Crippen LogP contribution in [0.2, 0.25) is 0 Å². The molecule has 116 valence electrons. The Morgan fingerprint density at radius 1 is 0.952 bits per heavy atom. The zero-order chi connectivity index (χ0) is 15.2. The molecule has 0 unspecified atom stereocenters. The van der Waals surface area contributed by atoms with Crippen LogP contribution in [0.15, 0.2) is 24.3 Å². The Hall–Kier alpha value is -1.43. The van der Waals surface area contributed by atoms with Crippen molar-refractivity contribution in [3.05, 3.63) is 35.4 Å². The van der Waals surface area contributed by atoms with E-state index in [2.05, 4.69) is 28.8 Å². The lowest BCUT2D eigenvalue weighted by atomic mass is 10.1. The Morgan fingerprint density at radius 2 is 1.43 bits per heavy atom. The molecule has 1 N–H and O–H groups in total. The van der Waals surface area contributed by atoms with Gasteiger partial charge in [0.25, 0.3) is 0 Å². The van der Waals surface area contributed by atoms with Crippen LogP contribution in [-0.2, 0) is 6.54 Å². The number of carbonyl (C=O) groups is 1. The standard InChI is InChI=1S/C16H25N3O2/c1-17-7-8-18(2)10-12-19(11-9-17)13-14-3-5-15(6-4-14)16(20)21/h3-6H,7-13H2,1-2H3,(H,20,21). The Labute approximate surface area is 126 Å².